The summed E-state index contributed by atoms with van der Waals surface area (Å²) in [5, 5.41) is 2.76. The lowest BCUT2D eigenvalue weighted by molar-refractivity contribution is -0.122. The molecular weight excluding hydrogens is 313 g/mol. The first kappa shape index (κ1) is 22.3. The van der Waals surface area contributed by atoms with E-state index < -0.39 is 6.04 Å². The molecule has 0 saturated carbocycles. The number of halogens is 2. The molecule has 1 aromatic rings. The van der Waals surface area contributed by atoms with Crippen LogP contribution in [-0.4, -0.2) is 44.1 Å². The summed E-state index contributed by atoms with van der Waals surface area (Å²) in [7, 11) is 4.02. The first-order valence-corrected chi connectivity index (χ1v) is 6.39. The average Bonchev–Trinajstić information content (AvgIpc) is 2.37. The highest BCUT2D eigenvalue weighted by Gasteiger charge is 2.06. The normalized spacial score (nSPS) is 11.1. The van der Waals surface area contributed by atoms with Gasteiger partial charge in [0.05, 0.1) is 6.04 Å². The molecule has 0 aliphatic heterocycles. The fourth-order valence-electron chi connectivity index (χ4n) is 1.40. The summed E-state index contributed by atoms with van der Waals surface area (Å²) in [6.45, 7) is 3.69. The Labute approximate surface area is 139 Å². The van der Waals surface area contributed by atoms with E-state index in [1.165, 1.54) is 0 Å². The Morgan fingerprint density at radius 1 is 1.29 bits per heavy atom. The number of nitrogens with zero attached hydrogens (tertiary/aromatic N) is 1. The second kappa shape index (κ2) is 11.6. The first-order chi connectivity index (χ1) is 8.99. The summed E-state index contributed by atoms with van der Waals surface area (Å²) in [6, 6.07) is 7.21. The van der Waals surface area contributed by atoms with E-state index in [-0.39, 0.29) is 30.7 Å². The van der Waals surface area contributed by atoms with Crippen molar-refractivity contribution in [2.24, 2.45) is 5.73 Å². The molecule has 1 rings (SSSR count). The van der Waals surface area contributed by atoms with Crippen molar-refractivity contribution in [3.8, 4) is 5.75 Å². The zero-order chi connectivity index (χ0) is 14.3. The fourth-order valence-corrected chi connectivity index (χ4v) is 1.40. The number of rotatable bonds is 7. The lowest BCUT2D eigenvalue weighted by Crippen LogP contribution is -2.37. The minimum absolute atomic E-state index is 0. The van der Waals surface area contributed by atoms with Gasteiger partial charge in [-0.1, -0.05) is 12.1 Å². The topological polar surface area (TPSA) is 67.6 Å². The Morgan fingerprint density at radius 2 is 1.86 bits per heavy atom. The Bertz CT molecular complexity index is 398. The van der Waals surface area contributed by atoms with Crippen molar-refractivity contribution in [3.63, 3.8) is 0 Å². The number of hydrogen-bond donors (Lipinski definition) is 2. The third kappa shape index (κ3) is 9.52. The molecule has 7 heteroatoms. The lowest BCUT2D eigenvalue weighted by atomic mass is 10.2. The average molecular weight is 338 g/mol. The number of amides is 1. The Morgan fingerprint density at radius 3 is 2.33 bits per heavy atom. The molecule has 3 N–H and O–H groups in total. The van der Waals surface area contributed by atoms with Crippen LogP contribution in [0.3, 0.4) is 0 Å². The van der Waals surface area contributed by atoms with E-state index >= 15 is 0 Å². The summed E-state index contributed by atoms with van der Waals surface area (Å²) >= 11 is 0. The Kier molecular flexibility index (Phi) is 12.3. The number of hydrogen-bond acceptors (Lipinski definition) is 4. The molecule has 0 fully saturated rings. The second-order valence-electron chi connectivity index (χ2n) is 4.80. The van der Waals surface area contributed by atoms with Gasteiger partial charge in [0.2, 0.25) is 5.91 Å². The van der Waals surface area contributed by atoms with Crippen LogP contribution >= 0.6 is 24.8 Å². The number of benzene rings is 1. The summed E-state index contributed by atoms with van der Waals surface area (Å²) in [6.07, 6.45) is 0. The van der Waals surface area contributed by atoms with Gasteiger partial charge in [0.25, 0.3) is 0 Å². The van der Waals surface area contributed by atoms with Crippen molar-refractivity contribution in [3.05, 3.63) is 29.8 Å². The van der Waals surface area contributed by atoms with E-state index in [1.807, 2.05) is 38.4 Å². The van der Waals surface area contributed by atoms with Crippen LogP contribution in [0, 0.1) is 0 Å². The number of ether oxygens (including phenoxy) is 1. The Hall–Kier alpha value is -1.01. The van der Waals surface area contributed by atoms with E-state index in [1.54, 1.807) is 6.92 Å². The highest BCUT2D eigenvalue weighted by atomic mass is 35.5. The van der Waals surface area contributed by atoms with Gasteiger partial charge in [0.1, 0.15) is 12.4 Å². The minimum atomic E-state index is -0.478. The monoisotopic (exact) mass is 337 g/mol. The molecular formula is C14H25Cl2N3O2. The van der Waals surface area contributed by atoms with Crippen molar-refractivity contribution in [1.82, 2.24) is 10.2 Å². The molecule has 0 radical (unpaired) electrons. The standard InChI is InChI=1S/C14H23N3O2.2ClH/c1-11(15)14(18)16-10-12-4-6-13(7-5-12)19-9-8-17(2)3;;/h4-7,11H,8-10,15H2,1-3H3,(H,16,18);2*1H/t11-;;/m1../s1. The molecule has 5 nitrogen and oxygen atoms in total. The van der Waals surface area contributed by atoms with Crippen LogP contribution in [0.15, 0.2) is 24.3 Å². The molecule has 0 aliphatic carbocycles. The van der Waals surface area contributed by atoms with Crippen LogP contribution < -0.4 is 15.8 Å². The van der Waals surface area contributed by atoms with Crippen LogP contribution in [0.4, 0.5) is 0 Å². The number of nitrogens with two attached hydrogens (primary N) is 1. The molecule has 0 spiro atoms. The Balaban J connectivity index is 0. The van der Waals surface area contributed by atoms with Crippen LogP contribution in [0.2, 0.25) is 0 Å². The highest BCUT2D eigenvalue weighted by Crippen LogP contribution is 2.12. The number of nitrogens with one attached hydrogen (secondary N) is 1. The van der Waals surface area contributed by atoms with Gasteiger partial charge in [-0.05, 0) is 38.7 Å². The maximum absolute atomic E-state index is 11.3. The summed E-state index contributed by atoms with van der Waals surface area (Å²) in [4.78, 5) is 13.4. The van der Waals surface area contributed by atoms with E-state index in [2.05, 4.69) is 10.2 Å². The maximum Gasteiger partial charge on any atom is 0.236 e. The lowest BCUT2D eigenvalue weighted by Gasteiger charge is -2.11. The van der Waals surface area contributed by atoms with E-state index in [0.29, 0.717) is 13.2 Å². The van der Waals surface area contributed by atoms with Crippen molar-refractivity contribution in [2.45, 2.75) is 19.5 Å². The second-order valence-corrected chi connectivity index (χ2v) is 4.80. The number of likely N-dealkylation sites (N-methyl/N-ethyl adjacent to an activating group) is 1. The van der Waals surface area contributed by atoms with Crippen LogP contribution in [0.5, 0.6) is 5.75 Å². The molecule has 0 unspecified atom stereocenters. The fraction of sp³-hybridized carbons (Fsp3) is 0.500. The third-order valence-electron chi connectivity index (χ3n) is 2.61. The molecule has 122 valence electrons. The van der Waals surface area contributed by atoms with Gasteiger partial charge in [-0.3, -0.25) is 4.79 Å². The van der Waals surface area contributed by atoms with E-state index in [4.69, 9.17) is 10.5 Å². The van der Waals surface area contributed by atoms with E-state index in [9.17, 15) is 4.79 Å². The molecule has 0 aliphatic rings. The maximum atomic E-state index is 11.3. The summed E-state index contributed by atoms with van der Waals surface area (Å²) in [5.74, 6) is 0.690. The molecule has 1 amide bonds. The van der Waals surface area contributed by atoms with Gasteiger partial charge < -0.3 is 20.7 Å². The van der Waals surface area contributed by atoms with Crippen LogP contribution in [0.1, 0.15) is 12.5 Å². The van der Waals surface area contributed by atoms with Gasteiger partial charge in [0, 0.05) is 13.1 Å². The molecule has 0 saturated heterocycles. The van der Waals surface area contributed by atoms with Crippen molar-refractivity contribution in [1.29, 1.82) is 0 Å². The zero-order valence-electron chi connectivity index (χ0n) is 12.7. The first-order valence-electron chi connectivity index (χ1n) is 6.39. The van der Waals surface area contributed by atoms with Crippen LogP contribution in [-0.2, 0) is 11.3 Å². The van der Waals surface area contributed by atoms with Crippen LogP contribution in [0.25, 0.3) is 0 Å². The summed E-state index contributed by atoms with van der Waals surface area (Å²) in [5.41, 5.74) is 6.49. The number of carbonyl (C=O) groups is 1. The highest BCUT2D eigenvalue weighted by molar-refractivity contribution is 5.85. The molecule has 0 aromatic heterocycles. The molecule has 0 heterocycles. The quantitative estimate of drug-likeness (QED) is 0.789. The predicted octanol–water partition coefficient (Wildman–Crippen LogP) is 1.43. The van der Waals surface area contributed by atoms with Gasteiger partial charge in [-0.2, -0.15) is 0 Å². The SMILES string of the molecule is C[C@@H](N)C(=O)NCc1ccc(OCCN(C)C)cc1.Cl.Cl. The largest absolute Gasteiger partial charge is 0.492 e. The smallest absolute Gasteiger partial charge is 0.236 e. The van der Waals surface area contributed by atoms with Gasteiger partial charge >= 0.3 is 0 Å². The third-order valence-corrected chi connectivity index (χ3v) is 2.61. The van der Waals surface area contributed by atoms with E-state index in [0.717, 1.165) is 17.9 Å². The molecule has 1 aromatic carbocycles. The minimum Gasteiger partial charge on any atom is -0.492 e. The van der Waals surface area contributed by atoms with Gasteiger partial charge in [-0.15, -0.1) is 24.8 Å². The predicted molar refractivity (Wildman–Crippen MR) is 90.5 cm³/mol. The molecule has 21 heavy (non-hydrogen) atoms. The van der Waals surface area contributed by atoms with Gasteiger partial charge in [0.15, 0.2) is 0 Å². The van der Waals surface area contributed by atoms with Crippen molar-refractivity contribution < 1.29 is 9.53 Å². The molecule has 0 bridgehead atoms. The van der Waals surface area contributed by atoms with Crippen molar-refractivity contribution >= 4 is 30.7 Å². The van der Waals surface area contributed by atoms with Crippen molar-refractivity contribution in [2.75, 3.05) is 27.2 Å². The summed E-state index contributed by atoms with van der Waals surface area (Å²) < 4.78 is 5.59. The van der Waals surface area contributed by atoms with Gasteiger partial charge in [-0.25, -0.2) is 0 Å². The molecule has 1 atom stereocenters. The zero-order valence-corrected chi connectivity index (χ0v) is 14.3. The number of carbonyl (C=O) groups excluding carboxylic acids is 1.